The fourth-order valence-corrected chi connectivity index (χ4v) is 3.33. The molecule has 0 aromatic rings. The van der Waals surface area contributed by atoms with Gasteiger partial charge in [0.25, 0.3) is 0 Å². The van der Waals surface area contributed by atoms with Gasteiger partial charge in [0.2, 0.25) is 8.32 Å². The van der Waals surface area contributed by atoms with Gasteiger partial charge in [0.15, 0.2) is 0 Å². The van der Waals surface area contributed by atoms with E-state index in [4.69, 9.17) is 4.43 Å². The Hall–Kier alpha value is -0.723. The average Bonchev–Trinajstić information content (AvgIpc) is 2.57. The van der Waals surface area contributed by atoms with E-state index >= 15 is 0 Å². The summed E-state index contributed by atoms with van der Waals surface area (Å²) in [7, 11) is -1.69. The normalized spacial score (nSPS) is 20.9. The second-order valence-corrected chi connectivity index (χ2v) is 11.6. The van der Waals surface area contributed by atoms with E-state index in [0.717, 1.165) is 12.8 Å². The van der Waals surface area contributed by atoms with Crippen molar-refractivity contribution in [3.8, 4) is 0 Å². The van der Waals surface area contributed by atoms with Gasteiger partial charge in [0.05, 0.1) is 5.76 Å². The zero-order valence-electron chi connectivity index (χ0n) is 13.1. The third-order valence-electron chi connectivity index (χ3n) is 4.61. The second kappa shape index (κ2) is 5.11. The summed E-state index contributed by atoms with van der Waals surface area (Å²) in [5.41, 5.74) is 5.69. The number of rotatable bonds is 3. The quantitative estimate of drug-likeness (QED) is 0.488. The van der Waals surface area contributed by atoms with Crippen LogP contribution in [0.4, 0.5) is 0 Å². The highest BCUT2D eigenvalue weighted by Crippen LogP contribution is 2.43. The Bertz CT molecular complexity index is 403. The topological polar surface area (TPSA) is 9.23 Å². The van der Waals surface area contributed by atoms with Gasteiger partial charge in [-0.2, -0.15) is 0 Å². The standard InChI is InChI=1S/C16H28OSi/c1-9-12(2)14-10-11-15(13(14)3)17-18(7,8)16(4,5)6/h14H,1,10-11H2,2-8H3. The van der Waals surface area contributed by atoms with Gasteiger partial charge in [-0.25, -0.2) is 0 Å². The van der Waals surface area contributed by atoms with E-state index in [9.17, 15) is 0 Å². The highest BCUT2D eigenvalue weighted by molar-refractivity contribution is 6.74. The molecule has 0 aliphatic heterocycles. The van der Waals surface area contributed by atoms with E-state index in [-0.39, 0.29) is 5.04 Å². The molecule has 0 aromatic heterocycles. The first-order chi connectivity index (χ1) is 8.10. The van der Waals surface area contributed by atoms with Crippen LogP contribution in [0.15, 0.2) is 29.2 Å². The van der Waals surface area contributed by atoms with Crippen LogP contribution < -0.4 is 0 Å². The molecule has 0 bridgehead atoms. The van der Waals surface area contributed by atoms with Crippen molar-refractivity contribution in [1.29, 1.82) is 0 Å². The molecule has 0 radical (unpaired) electrons. The van der Waals surface area contributed by atoms with Crippen LogP contribution in [-0.4, -0.2) is 8.32 Å². The van der Waals surface area contributed by atoms with Crippen LogP contribution in [0, 0.1) is 5.92 Å². The molecule has 0 N–H and O–H groups in total. The van der Waals surface area contributed by atoms with Crippen molar-refractivity contribution < 1.29 is 4.43 Å². The third-order valence-corrected chi connectivity index (χ3v) is 8.98. The maximum Gasteiger partial charge on any atom is 0.250 e. The smallest absolute Gasteiger partial charge is 0.250 e. The summed E-state index contributed by atoms with van der Waals surface area (Å²) < 4.78 is 6.46. The Morgan fingerprint density at radius 1 is 1.39 bits per heavy atom. The first-order valence-electron chi connectivity index (χ1n) is 6.85. The third kappa shape index (κ3) is 2.99. The fraction of sp³-hybridized carbons (Fsp3) is 0.688. The molecule has 2 heteroatoms. The maximum atomic E-state index is 6.46. The van der Waals surface area contributed by atoms with Gasteiger partial charge in [0.1, 0.15) is 0 Å². The molecule has 0 amide bonds. The van der Waals surface area contributed by atoms with Gasteiger partial charge in [-0.1, -0.05) is 27.4 Å². The van der Waals surface area contributed by atoms with Crippen molar-refractivity contribution in [3.63, 3.8) is 0 Å². The van der Waals surface area contributed by atoms with Crippen LogP contribution in [0.5, 0.6) is 0 Å². The van der Waals surface area contributed by atoms with Gasteiger partial charge in [-0.15, -0.1) is 5.73 Å². The van der Waals surface area contributed by atoms with Crippen LogP contribution in [0.1, 0.15) is 47.5 Å². The van der Waals surface area contributed by atoms with Crippen molar-refractivity contribution in [2.45, 2.75) is 65.6 Å². The van der Waals surface area contributed by atoms with Crippen LogP contribution >= 0.6 is 0 Å². The van der Waals surface area contributed by atoms with E-state index < -0.39 is 8.32 Å². The van der Waals surface area contributed by atoms with Gasteiger partial charge >= 0.3 is 0 Å². The van der Waals surface area contributed by atoms with E-state index in [2.05, 4.69) is 60.0 Å². The zero-order chi connectivity index (χ0) is 14.1. The lowest BCUT2D eigenvalue weighted by Gasteiger charge is -2.37. The molecule has 0 heterocycles. The summed E-state index contributed by atoms with van der Waals surface area (Å²) in [6, 6.07) is 0. The van der Waals surface area contributed by atoms with Crippen molar-refractivity contribution >= 4 is 8.32 Å². The van der Waals surface area contributed by atoms with Gasteiger partial charge in [0, 0.05) is 12.3 Å². The summed E-state index contributed by atoms with van der Waals surface area (Å²) in [4.78, 5) is 0. The molecule has 18 heavy (non-hydrogen) atoms. The van der Waals surface area contributed by atoms with Crippen LogP contribution in [0.2, 0.25) is 18.1 Å². The van der Waals surface area contributed by atoms with Gasteiger partial charge in [-0.05, 0) is 49.5 Å². The lowest BCUT2D eigenvalue weighted by molar-refractivity contribution is 0.370. The molecule has 1 aliphatic rings. The Balaban J connectivity index is 2.93. The molecule has 1 rings (SSSR count). The molecule has 0 spiro atoms. The molecule has 1 aliphatic carbocycles. The average molecular weight is 264 g/mol. The van der Waals surface area contributed by atoms with E-state index in [0.29, 0.717) is 5.92 Å². The molecule has 0 saturated heterocycles. The second-order valence-electron chi connectivity index (χ2n) is 6.92. The molecular weight excluding hydrogens is 236 g/mol. The molecule has 1 nitrogen and oxygen atoms in total. The largest absolute Gasteiger partial charge is 0.547 e. The Labute approximate surface area is 114 Å². The van der Waals surface area contributed by atoms with Gasteiger partial charge < -0.3 is 4.43 Å². The SMILES string of the molecule is C=C=C(C)C1CCC(O[Si](C)(C)C(C)(C)C)=C1C. The van der Waals surface area contributed by atoms with Crippen molar-refractivity contribution in [1.82, 2.24) is 0 Å². The molecule has 102 valence electrons. The van der Waals surface area contributed by atoms with Crippen molar-refractivity contribution in [2.75, 3.05) is 0 Å². The summed E-state index contributed by atoms with van der Waals surface area (Å²) in [5.74, 6) is 1.74. The Kier molecular flexibility index (Phi) is 4.35. The molecule has 1 atom stereocenters. The minimum absolute atomic E-state index is 0.266. The maximum absolute atomic E-state index is 6.46. The monoisotopic (exact) mass is 264 g/mol. The number of hydrogen-bond donors (Lipinski definition) is 0. The van der Waals surface area contributed by atoms with Crippen LogP contribution in [-0.2, 0) is 4.43 Å². The molecule has 0 fully saturated rings. The summed E-state index contributed by atoms with van der Waals surface area (Å²) >= 11 is 0. The zero-order valence-corrected chi connectivity index (χ0v) is 14.1. The lowest BCUT2D eigenvalue weighted by atomic mass is 9.95. The van der Waals surface area contributed by atoms with Crippen molar-refractivity contribution in [2.24, 2.45) is 5.92 Å². The summed E-state index contributed by atoms with van der Waals surface area (Å²) in [6.07, 6.45) is 2.23. The Morgan fingerprint density at radius 3 is 2.39 bits per heavy atom. The lowest BCUT2D eigenvalue weighted by Crippen LogP contribution is -2.40. The molecule has 1 unspecified atom stereocenters. The Morgan fingerprint density at radius 2 is 1.94 bits per heavy atom. The van der Waals surface area contributed by atoms with Crippen LogP contribution in [0.25, 0.3) is 0 Å². The van der Waals surface area contributed by atoms with E-state index in [1.807, 2.05) is 0 Å². The minimum atomic E-state index is -1.69. The first kappa shape index (κ1) is 15.3. The minimum Gasteiger partial charge on any atom is -0.547 e. The van der Waals surface area contributed by atoms with E-state index in [1.54, 1.807) is 0 Å². The van der Waals surface area contributed by atoms with Crippen LogP contribution in [0.3, 0.4) is 0 Å². The molecule has 0 aromatic carbocycles. The summed E-state index contributed by atoms with van der Waals surface area (Å²) in [6.45, 7) is 19.6. The summed E-state index contributed by atoms with van der Waals surface area (Å²) in [5, 5.41) is 0.266. The molecule has 0 saturated carbocycles. The predicted molar refractivity (Wildman–Crippen MR) is 82.0 cm³/mol. The van der Waals surface area contributed by atoms with Gasteiger partial charge in [-0.3, -0.25) is 0 Å². The highest BCUT2D eigenvalue weighted by Gasteiger charge is 2.40. The van der Waals surface area contributed by atoms with Crippen molar-refractivity contribution in [3.05, 3.63) is 29.2 Å². The fourth-order valence-electron chi connectivity index (χ4n) is 2.14. The number of allylic oxidation sites excluding steroid dienone is 3. The van der Waals surface area contributed by atoms with E-state index in [1.165, 1.54) is 16.9 Å². The highest BCUT2D eigenvalue weighted by atomic mass is 28.4. The molecular formula is C16H28OSi. The predicted octanol–water partition coefficient (Wildman–Crippen LogP) is 5.42. The number of hydrogen-bond acceptors (Lipinski definition) is 1. The first-order valence-corrected chi connectivity index (χ1v) is 9.76.